The molecular formula is C28H35N3O6. The summed E-state index contributed by atoms with van der Waals surface area (Å²) in [6.45, 7) is 2.65. The van der Waals surface area contributed by atoms with Gasteiger partial charge in [-0.25, -0.2) is 0 Å². The van der Waals surface area contributed by atoms with Gasteiger partial charge < -0.3 is 29.5 Å². The van der Waals surface area contributed by atoms with Gasteiger partial charge in [0.1, 0.15) is 23.6 Å². The summed E-state index contributed by atoms with van der Waals surface area (Å²) in [5.41, 5.74) is 1.53. The number of carbonyl (C=O) groups is 2. The van der Waals surface area contributed by atoms with Crippen LogP contribution in [0.4, 0.5) is 0 Å². The van der Waals surface area contributed by atoms with Crippen molar-refractivity contribution in [1.82, 2.24) is 15.1 Å². The average molecular weight is 510 g/mol. The predicted octanol–water partition coefficient (Wildman–Crippen LogP) is 1.83. The summed E-state index contributed by atoms with van der Waals surface area (Å²) in [7, 11) is 1.64. The number of methoxy groups -OCH3 is 1. The molecule has 198 valence electrons. The molecule has 0 aliphatic carbocycles. The molecule has 0 radical (unpaired) electrons. The van der Waals surface area contributed by atoms with E-state index in [0.29, 0.717) is 56.9 Å². The lowest BCUT2D eigenvalue weighted by Gasteiger charge is -2.41. The number of para-hydroxylation sites is 1. The highest BCUT2D eigenvalue weighted by Gasteiger charge is 2.38. The number of piperazine rings is 1. The van der Waals surface area contributed by atoms with Gasteiger partial charge in [-0.1, -0.05) is 24.3 Å². The molecule has 2 saturated heterocycles. The maximum atomic E-state index is 13.7. The fourth-order valence-electron chi connectivity index (χ4n) is 5.37. The molecule has 9 heteroatoms. The van der Waals surface area contributed by atoms with E-state index >= 15 is 0 Å². The van der Waals surface area contributed by atoms with Crippen molar-refractivity contribution in [1.29, 1.82) is 0 Å². The number of carbonyl (C=O) groups excluding carboxylic acids is 2. The molecule has 0 aromatic heterocycles. The van der Waals surface area contributed by atoms with Gasteiger partial charge in [0, 0.05) is 39.1 Å². The van der Waals surface area contributed by atoms with Gasteiger partial charge in [0.05, 0.1) is 31.5 Å². The van der Waals surface area contributed by atoms with Crippen molar-refractivity contribution in [3.05, 3.63) is 59.7 Å². The van der Waals surface area contributed by atoms with E-state index in [9.17, 15) is 14.7 Å². The Kier molecular flexibility index (Phi) is 7.93. The number of amides is 2. The van der Waals surface area contributed by atoms with Crippen molar-refractivity contribution >= 4 is 11.8 Å². The number of hydrogen-bond acceptors (Lipinski definition) is 7. The number of hydrogen-bond donors (Lipinski definition) is 2. The van der Waals surface area contributed by atoms with Gasteiger partial charge in [-0.2, -0.15) is 0 Å². The van der Waals surface area contributed by atoms with E-state index in [2.05, 4.69) is 10.2 Å². The van der Waals surface area contributed by atoms with Crippen LogP contribution in [0.15, 0.2) is 48.5 Å². The molecule has 0 unspecified atom stereocenters. The first kappa shape index (κ1) is 25.5. The zero-order valence-corrected chi connectivity index (χ0v) is 21.2. The SMILES string of the molecule is COc1cccc(CN2CCN3C(=O)c4ccccc4OCC[C@@H]4CC[C@H](O)[C@@H](CNC(=O)[C@@H]3C2)O4)c1. The van der Waals surface area contributed by atoms with Crippen molar-refractivity contribution < 1.29 is 28.9 Å². The molecule has 2 aromatic rings. The lowest BCUT2D eigenvalue weighted by molar-refractivity contribution is -0.135. The Balaban J connectivity index is 1.40. The molecule has 0 spiro atoms. The van der Waals surface area contributed by atoms with Crippen LogP contribution in [0.3, 0.4) is 0 Å². The highest BCUT2D eigenvalue weighted by molar-refractivity contribution is 6.00. The van der Waals surface area contributed by atoms with Gasteiger partial charge in [0.2, 0.25) is 5.91 Å². The molecule has 2 bridgehead atoms. The van der Waals surface area contributed by atoms with Crippen LogP contribution < -0.4 is 14.8 Å². The van der Waals surface area contributed by atoms with Crippen molar-refractivity contribution in [2.45, 2.75) is 50.2 Å². The Morgan fingerprint density at radius 3 is 2.81 bits per heavy atom. The van der Waals surface area contributed by atoms with Gasteiger partial charge in [0.25, 0.3) is 5.91 Å². The lowest BCUT2D eigenvalue weighted by Crippen LogP contribution is -2.61. The molecule has 3 aliphatic rings. The van der Waals surface area contributed by atoms with Gasteiger partial charge in [0.15, 0.2) is 0 Å². The molecule has 9 nitrogen and oxygen atoms in total. The lowest BCUT2D eigenvalue weighted by atomic mass is 9.99. The Bertz CT molecular complexity index is 1110. The molecule has 3 aliphatic heterocycles. The van der Waals surface area contributed by atoms with E-state index in [4.69, 9.17) is 14.2 Å². The standard InChI is InChI=1S/C28H35N3O6/c1-35-21-6-4-5-19(15-21)17-30-12-13-31-23(18-30)27(33)29-16-26-24(32)10-9-20(37-26)11-14-36-25-8-3-2-7-22(25)28(31)34/h2-8,15,20,23-24,26,32H,9-14,16-18H2,1H3,(H,29,33)/t20-,23-,24-,26+/m0/s1. The smallest absolute Gasteiger partial charge is 0.258 e. The monoisotopic (exact) mass is 509 g/mol. The Labute approximate surface area is 217 Å². The van der Waals surface area contributed by atoms with E-state index in [1.54, 1.807) is 24.1 Å². The minimum absolute atomic E-state index is 0.0689. The first-order valence-electron chi connectivity index (χ1n) is 13.0. The van der Waals surface area contributed by atoms with Gasteiger partial charge in [-0.3, -0.25) is 14.5 Å². The largest absolute Gasteiger partial charge is 0.497 e. The highest BCUT2D eigenvalue weighted by Crippen LogP contribution is 2.26. The van der Waals surface area contributed by atoms with Gasteiger partial charge >= 0.3 is 0 Å². The first-order chi connectivity index (χ1) is 18.0. The van der Waals surface area contributed by atoms with Gasteiger partial charge in [-0.05, 0) is 42.7 Å². The number of ether oxygens (including phenoxy) is 3. The maximum absolute atomic E-state index is 13.7. The third-order valence-corrected chi connectivity index (χ3v) is 7.44. The summed E-state index contributed by atoms with van der Waals surface area (Å²) < 4.78 is 17.5. The normalized spacial score (nSPS) is 27.2. The zero-order valence-electron chi connectivity index (χ0n) is 21.2. The molecule has 0 saturated carbocycles. The van der Waals surface area contributed by atoms with Crippen molar-refractivity contribution in [3.63, 3.8) is 0 Å². The van der Waals surface area contributed by atoms with Crippen LogP contribution in [0.25, 0.3) is 0 Å². The third kappa shape index (κ3) is 5.89. The van der Waals surface area contributed by atoms with Crippen molar-refractivity contribution in [2.24, 2.45) is 0 Å². The second kappa shape index (κ2) is 11.5. The highest BCUT2D eigenvalue weighted by atomic mass is 16.5. The molecular weight excluding hydrogens is 474 g/mol. The first-order valence-corrected chi connectivity index (χ1v) is 13.0. The maximum Gasteiger partial charge on any atom is 0.258 e. The molecule has 5 rings (SSSR count). The number of aliphatic hydroxyl groups is 1. The molecule has 4 atom stereocenters. The third-order valence-electron chi connectivity index (χ3n) is 7.44. The number of rotatable bonds is 3. The molecule has 2 N–H and O–H groups in total. The molecule has 2 fully saturated rings. The van der Waals surface area contributed by atoms with Crippen LogP contribution in [0, 0.1) is 0 Å². The van der Waals surface area contributed by atoms with Crippen LogP contribution in [0.2, 0.25) is 0 Å². The van der Waals surface area contributed by atoms with Crippen LogP contribution in [0.1, 0.15) is 35.2 Å². The number of fused-ring (bicyclic) bond motifs is 4. The van der Waals surface area contributed by atoms with Crippen LogP contribution in [-0.4, -0.2) is 91.0 Å². The summed E-state index contributed by atoms with van der Waals surface area (Å²) in [6.07, 6.45) is 0.791. The van der Waals surface area contributed by atoms with E-state index in [1.807, 2.05) is 36.4 Å². The number of nitrogens with one attached hydrogen (secondary N) is 1. The second-order valence-corrected chi connectivity index (χ2v) is 9.92. The second-order valence-electron chi connectivity index (χ2n) is 9.92. The number of benzene rings is 2. The van der Waals surface area contributed by atoms with E-state index in [0.717, 1.165) is 17.7 Å². The predicted molar refractivity (Wildman–Crippen MR) is 137 cm³/mol. The summed E-state index contributed by atoms with van der Waals surface area (Å²) in [6, 6.07) is 14.4. The Hall–Kier alpha value is -3.14. The molecule has 3 heterocycles. The number of aliphatic hydroxyl groups excluding tert-OH is 1. The van der Waals surface area contributed by atoms with E-state index < -0.39 is 18.2 Å². The van der Waals surface area contributed by atoms with Crippen LogP contribution in [-0.2, 0) is 16.1 Å². The van der Waals surface area contributed by atoms with E-state index in [1.165, 1.54) is 0 Å². The molecule has 37 heavy (non-hydrogen) atoms. The van der Waals surface area contributed by atoms with Crippen molar-refractivity contribution in [3.8, 4) is 11.5 Å². The van der Waals surface area contributed by atoms with E-state index in [-0.39, 0.29) is 24.5 Å². The Morgan fingerprint density at radius 2 is 1.95 bits per heavy atom. The summed E-state index contributed by atoms with van der Waals surface area (Å²) in [5, 5.41) is 13.4. The fraction of sp³-hybridized carbons (Fsp3) is 0.500. The fourth-order valence-corrected chi connectivity index (χ4v) is 5.37. The molecule has 2 amide bonds. The van der Waals surface area contributed by atoms with Crippen LogP contribution in [0.5, 0.6) is 11.5 Å². The Morgan fingerprint density at radius 1 is 1.08 bits per heavy atom. The molecule has 2 aromatic carbocycles. The average Bonchev–Trinajstić information content (AvgIpc) is 2.92. The quantitative estimate of drug-likeness (QED) is 0.651. The summed E-state index contributed by atoms with van der Waals surface area (Å²) in [4.78, 5) is 31.1. The minimum atomic E-state index is -0.695. The topological polar surface area (TPSA) is 101 Å². The summed E-state index contributed by atoms with van der Waals surface area (Å²) in [5.74, 6) is 0.820. The van der Waals surface area contributed by atoms with Crippen LogP contribution >= 0.6 is 0 Å². The van der Waals surface area contributed by atoms with Gasteiger partial charge in [-0.15, -0.1) is 0 Å². The van der Waals surface area contributed by atoms with Crippen molar-refractivity contribution in [2.75, 3.05) is 39.9 Å². The zero-order chi connectivity index (χ0) is 25.8. The minimum Gasteiger partial charge on any atom is -0.497 e. The number of nitrogens with zero attached hydrogens (tertiary/aromatic N) is 2. The summed E-state index contributed by atoms with van der Waals surface area (Å²) >= 11 is 0.